The monoisotopic (exact) mass is 419 g/mol. The molecule has 1 aliphatic heterocycles. The minimum Gasteiger partial charge on any atom is -0.337 e. The van der Waals surface area contributed by atoms with Crippen LogP contribution in [0.25, 0.3) is 11.1 Å². The zero-order chi connectivity index (χ0) is 18.5. The number of carbonyl (C=O) groups is 1. The molecule has 8 heteroatoms. The van der Waals surface area contributed by atoms with Gasteiger partial charge in [0.2, 0.25) is 0 Å². The lowest BCUT2D eigenvalue weighted by Gasteiger charge is -2.42. The number of benzene rings is 1. The van der Waals surface area contributed by atoms with E-state index in [0.29, 0.717) is 5.75 Å². The van der Waals surface area contributed by atoms with Crippen LogP contribution in [0.3, 0.4) is 0 Å². The number of rotatable bonds is 2. The van der Waals surface area contributed by atoms with Crippen LogP contribution in [0.15, 0.2) is 36.7 Å². The number of anilines is 1. The largest absolute Gasteiger partial charge is 0.337 e. The molecule has 0 atom stereocenters. The first-order chi connectivity index (χ1) is 12.4. The number of nitrogens with zero attached hydrogens (tertiary/aromatic N) is 3. The number of hydrogen-bond acceptors (Lipinski definition) is 6. The van der Waals surface area contributed by atoms with E-state index in [4.69, 9.17) is 12.2 Å². The predicted octanol–water partition coefficient (Wildman–Crippen LogP) is 6.05. The fraction of sp³-hybridized carbons (Fsp3) is 0.278. The van der Waals surface area contributed by atoms with Crippen molar-refractivity contribution in [2.45, 2.75) is 25.1 Å². The Morgan fingerprint density at radius 1 is 1.31 bits per heavy atom. The zero-order valence-electron chi connectivity index (χ0n) is 14.6. The number of thioether (sulfide) groups is 1. The number of para-hydroxylation sites is 1. The number of amides is 1. The summed E-state index contributed by atoms with van der Waals surface area (Å²) in [6.45, 7) is 4.19. The van der Waals surface area contributed by atoms with Crippen LogP contribution in [0.5, 0.6) is 0 Å². The molecule has 1 amide bonds. The van der Waals surface area contributed by atoms with Gasteiger partial charge in [-0.25, -0.2) is 4.98 Å². The molecule has 0 saturated heterocycles. The minimum atomic E-state index is -0.437. The van der Waals surface area contributed by atoms with Crippen LogP contribution >= 0.6 is 44.7 Å². The van der Waals surface area contributed by atoms with E-state index in [9.17, 15) is 4.79 Å². The van der Waals surface area contributed by atoms with E-state index >= 15 is 0 Å². The van der Waals surface area contributed by atoms with Crippen molar-refractivity contribution in [1.82, 2.24) is 9.55 Å². The summed E-state index contributed by atoms with van der Waals surface area (Å²) in [5.41, 5.74) is 2.66. The summed E-state index contributed by atoms with van der Waals surface area (Å²) in [6, 6.07) is 8.04. The number of aromatic nitrogens is 2. The van der Waals surface area contributed by atoms with Gasteiger partial charge in [-0.3, -0.25) is 9.69 Å². The van der Waals surface area contributed by atoms with Crippen LogP contribution in [0.2, 0.25) is 0 Å². The fourth-order valence-electron chi connectivity index (χ4n) is 3.23. The highest BCUT2D eigenvalue weighted by Crippen LogP contribution is 2.52. The highest BCUT2D eigenvalue weighted by Gasteiger charge is 2.42. The van der Waals surface area contributed by atoms with Crippen molar-refractivity contribution in [1.29, 1.82) is 0 Å². The summed E-state index contributed by atoms with van der Waals surface area (Å²) >= 11 is 6.87. The lowest BCUT2D eigenvalue weighted by atomic mass is 9.88. The van der Waals surface area contributed by atoms with Crippen LogP contribution in [0, 0.1) is 3.82 Å². The van der Waals surface area contributed by atoms with Gasteiger partial charge < -0.3 is 4.57 Å². The van der Waals surface area contributed by atoms with Gasteiger partial charge >= 0.3 is 0 Å². The van der Waals surface area contributed by atoms with E-state index in [1.165, 1.54) is 11.8 Å². The van der Waals surface area contributed by atoms with Crippen molar-refractivity contribution in [2.24, 2.45) is 7.05 Å². The Labute approximate surface area is 168 Å². The summed E-state index contributed by atoms with van der Waals surface area (Å²) in [5, 5.41) is 0.0282. The number of hydrogen-bond donors (Lipinski definition) is 0. The Bertz CT molecular complexity index is 1050. The smallest absolute Gasteiger partial charge is 0.287 e. The van der Waals surface area contributed by atoms with Crippen LogP contribution in [0.1, 0.15) is 24.5 Å². The van der Waals surface area contributed by atoms with Crippen molar-refractivity contribution in [3.63, 3.8) is 0 Å². The quantitative estimate of drug-likeness (QED) is 0.374. The maximum atomic E-state index is 13.2. The summed E-state index contributed by atoms with van der Waals surface area (Å²) in [4.78, 5) is 20.6. The highest BCUT2D eigenvalue weighted by molar-refractivity contribution is 8.13. The number of fused-ring (bicyclic) bond motifs is 3. The van der Waals surface area contributed by atoms with Crippen molar-refractivity contribution in [2.75, 3.05) is 4.90 Å². The van der Waals surface area contributed by atoms with E-state index in [0.717, 1.165) is 31.3 Å². The number of imidazole rings is 1. The molecule has 134 valence electrons. The van der Waals surface area contributed by atoms with Gasteiger partial charge in [-0.1, -0.05) is 62.9 Å². The molecule has 26 heavy (non-hydrogen) atoms. The third-order valence-electron chi connectivity index (χ3n) is 4.59. The van der Waals surface area contributed by atoms with E-state index in [1.54, 1.807) is 26.9 Å². The van der Waals surface area contributed by atoms with Gasteiger partial charge in [0, 0.05) is 30.6 Å². The van der Waals surface area contributed by atoms with E-state index < -0.39 is 5.54 Å². The molecule has 0 spiro atoms. The zero-order valence-corrected chi connectivity index (χ0v) is 17.8. The Hall–Kier alpha value is -1.48. The average molecular weight is 420 g/mol. The topological polar surface area (TPSA) is 38.1 Å². The maximum Gasteiger partial charge on any atom is 0.287 e. The molecule has 4 rings (SSSR count). The predicted molar refractivity (Wildman–Crippen MR) is 114 cm³/mol. The van der Waals surface area contributed by atoms with E-state index in [1.807, 2.05) is 40.9 Å². The molecule has 3 aromatic rings. The van der Waals surface area contributed by atoms with Crippen LogP contribution in [-0.4, -0.2) is 14.8 Å². The summed E-state index contributed by atoms with van der Waals surface area (Å²) in [6.07, 6.45) is 3.65. The van der Waals surface area contributed by atoms with Crippen molar-refractivity contribution >= 4 is 55.6 Å². The molecule has 3 heterocycles. The fourth-order valence-corrected chi connectivity index (χ4v) is 7.50. The minimum absolute atomic E-state index is 0.0282. The molecular weight excluding hydrogens is 402 g/mol. The maximum absolute atomic E-state index is 13.2. The molecule has 4 nitrogen and oxygen atoms in total. The van der Waals surface area contributed by atoms with E-state index in [-0.39, 0.29) is 5.24 Å². The standard InChI is InChI=1S/C18H17N3OS4/c1-18(2)15-14(16(23)26-25-15)11-6-4-5-7-12(11)21(18)17(22)24-10-13-19-8-9-20(13)3/h4-9H,10H2,1-3H3. The number of carbonyl (C=O) groups excluding carboxylic acids is 1. The first kappa shape index (κ1) is 17.9. The summed E-state index contributed by atoms with van der Waals surface area (Å²) < 4.78 is 2.84. The molecule has 0 bridgehead atoms. The van der Waals surface area contributed by atoms with Crippen LogP contribution in [-0.2, 0) is 18.3 Å². The normalized spacial score (nSPS) is 14.8. The number of aryl methyl sites for hydroxylation is 1. The van der Waals surface area contributed by atoms with Gasteiger partial charge in [-0.15, -0.1) is 0 Å². The Morgan fingerprint density at radius 3 is 2.81 bits per heavy atom. The lowest BCUT2D eigenvalue weighted by Crippen LogP contribution is -2.46. The van der Waals surface area contributed by atoms with Gasteiger partial charge in [0.1, 0.15) is 9.65 Å². The molecular formula is C18H17N3OS4. The second-order valence-electron chi connectivity index (χ2n) is 6.58. The molecule has 2 aromatic heterocycles. The molecule has 0 unspecified atom stereocenters. The van der Waals surface area contributed by atoms with Gasteiger partial charge in [0.25, 0.3) is 5.24 Å². The third-order valence-corrected chi connectivity index (χ3v) is 8.75. The lowest BCUT2D eigenvalue weighted by molar-refractivity contribution is 0.259. The molecule has 0 radical (unpaired) electrons. The highest BCUT2D eigenvalue weighted by atomic mass is 32.9. The summed E-state index contributed by atoms with van der Waals surface area (Å²) in [7, 11) is 5.23. The first-order valence-electron chi connectivity index (χ1n) is 8.07. The molecule has 0 fully saturated rings. The SMILES string of the molecule is Cn1ccnc1CSC(=O)N1c2ccccc2-c2c(ssc2=S)C1(C)C. The Kier molecular flexibility index (Phi) is 4.54. The van der Waals surface area contributed by atoms with Crippen LogP contribution < -0.4 is 4.90 Å². The second kappa shape index (κ2) is 6.60. The van der Waals surface area contributed by atoms with E-state index in [2.05, 4.69) is 24.9 Å². The third kappa shape index (κ3) is 2.76. The second-order valence-corrected chi connectivity index (χ2v) is 10.3. The Morgan fingerprint density at radius 2 is 2.08 bits per heavy atom. The van der Waals surface area contributed by atoms with Crippen molar-refractivity contribution in [3.05, 3.63) is 51.2 Å². The summed E-state index contributed by atoms with van der Waals surface area (Å²) in [5.74, 6) is 1.43. The molecule has 1 aromatic carbocycles. The van der Waals surface area contributed by atoms with Gasteiger partial charge in [-0.2, -0.15) is 0 Å². The Balaban J connectivity index is 1.75. The van der Waals surface area contributed by atoms with Gasteiger partial charge in [0.05, 0.1) is 21.9 Å². The molecule has 1 aliphatic rings. The molecule has 0 N–H and O–H groups in total. The molecule has 0 aliphatic carbocycles. The first-order valence-corrected chi connectivity index (χ1v) is 11.6. The van der Waals surface area contributed by atoms with Gasteiger partial charge in [0.15, 0.2) is 0 Å². The average Bonchev–Trinajstić information content (AvgIpc) is 3.19. The van der Waals surface area contributed by atoms with Crippen molar-refractivity contribution < 1.29 is 4.79 Å². The van der Waals surface area contributed by atoms with Crippen LogP contribution in [0.4, 0.5) is 10.5 Å². The molecule has 0 saturated carbocycles. The van der Waals surface area contributed by atoms with Crippen molar-refractivity contribution in [3.8, 4) is 11.1 Å². The van der Waals surface area contributed by atoms with Gasteiger partial charge in [-0.05, 0) is 19.9 Å².